The fourth-order valence-electron chi connectivity index (χ4n) is 1.97. The Morgan fingerprint density at radius 1 is 1.38 bits per heavy atom. The summed E-state index contributed by atoms with van der Waals surface area (Å²) in [5.74, 6) is -0.134. The third-order valence-corrected chi connectivity index (χ3v) is 3.22. The van der Waals surface area contributed by atoms with E-state index in [0.29, 0.717) is 11.4 Å². The molecule has 128 valence electrons. The SMILES string of the molecule is Cn1cnnc1C(CO)NC(=O)/C=C/c1ccc(C(F)(F)F)cc1. The van der Waals surface area contributed by atoms with Crippen molar-refractivity contribution in [1.82, 2.24) is 20.1 Å². The molecule has 2 rings (SSSR count). The first-order valence-corrected chi connectivity index (χ1v) is 6.92. The maximum Gasteiger partial charge on any atom is 0.416 e. The first-order valence-electron chi connectivity index (χ1n) is 6.92. The molecule has 1 aromatic carbocycles. The van der Waals surface area contributed by atoms with Crippen molar-refractivity contribution in [2.24, 2.45) is 7.05 Å². The lowest BCUT2D eigenvalue weighted by Crippen LogP contribution is -2.31. The molecule has 24 heavy (non-hydrogen) atoms. The third-order valence-electron chi connectivity index (χ3n) is 3.22. The average molecular weight is 340 g/mol. The number of nitrogens with zero attached hydrogens (tertiary/aromatic N) is 3. The van der Waals surface area contributed by atoms with E-state index in [9.17, 15) is 23.1 Å². The van der Waals surface area contributed by atoms with Crippen molar-refractivity contribution in [2.45, 2.75) is 12.2 Å². The van der Waals surface area contributed by atoms with Crippen molar-refractivity contribution >= 4 is 12.0 Å². The minimum atomic E-state index is -4.40. The van der Waals surface area contributed by atoms with Crippen LogP contribution in [0.5, 0.6) is 0 Å². The number of carbonyl (C=O) groups is 1. The number of rotatable bonds is 5. The van der Waals surface area contributed by atoms with Gasteiger partial charge in [-0.05, 0) is 23.8 Å². The highest BCUT2D eigenvalue weighted by Crippen LogP contribution is 2.29. The summed E-state index contributed by atoms with van der Waals surface area (Å²) in [6.07, 6.45) is -0.422. The molecular weight excluding hydrogens is 325 g/mol. The number of amides is 1. The van der Waals surface area contributed by atoms with Gasteiger partial charge in [0.1, 0.15) is 12.4 Å². The Kier molecular flexibility index (Phi) is 5.35. The van der Waals surface area contributed by atoms with Gasteiger partial charge in [0, 0.05) is 13.1 Å². The number of halogens is 3. The molecule has 0 aliphatic rings. The number of aliphatic hydroxyl groups is 1. The Balaban J connectivity index is 2.01. The number of benzene rings is 1. The van der Waals surface area contributed by atoms with E-state index in [1.165, 1.54) is 30.6 Å². The fourth-order valence-corrected chi connectivity index (χ4v) is 1.97. The van der Waals surface area contributed by atoms with Crippen LogP contribution in [0.15, 0.2) is 36.7 Å². The molecule has 9 heteroatoms. The van der Waals surface area contributed by atoms with Gasteiger partial charge in [-0.3, -0.25) is 4.79 Å². The summed E-state index contributed by atoms with van der Waals surface area (Å²) in [7, 11) is 1.67. The average Bonchev–Trinajstić information content (AvgIpc) is 2.96. The monoisotopic (exact) mass is 340 g/mol. The van der Waals surface area contributed by atoms with Gasteiger partial charge in [0.25, 0.3) is 0 Å². The molecule has 1 heterocycles. The molecule has 0 saturated heterocycles. The largest absolute Gasteiger partial charge is 0.416 e. The normalized spacial score (nSPS) is 13.2. The minimum absolute atomic E-state index is 0.369. The number of aryl methyl sites for hydroxylation is 1. The van der Waals surface area contributed by atoms with Crippen molar-refractivity contribution in [2.75, 3.05) is 6.61 Å². The number of carbonyl (C=O) groups excluding carboxylic acids is 1. The molecule has 2 N–H and O–H groups in total. The predicted molar refractivity (Wildman–Crippen MR) is 79.5 cm³/mol. The standard InChI is InChI=1S/C15H15F3N4O2/c1-22-9-19-21-14(22)12(8-23)20-13(24)7-4-10-2-5-11(6-3-10)15(16,17)18/h2-7,9,12,23H,8H2,1H3,(H,20,24)/b7-4+. The van der Waals surface area contributed by atoms with Crippen LogP contribution in [0.1, 0.15) is 23.0 Å². The molecule has 1 amide bonds. The van der Waals surface area contributed by atoms with Gasteiger partial charge in [-0.2, -0.15) is 13.2 Å². The van der Waals surface area contributed by atoms with Crippen molar-refractivity contribution in [3.63, 3.8) is 0 Å². The lowest BCUT2D eigenvalue weighted by atomic mass is 10.1. The quantitative estimate of drug-likeness (QED) is 0.812. The molecule has 1 atom stereocenters. The van der Waals surface area contributed by atoms with Gasteiger partial charge in [-0.15, -0.1) is 10.2 Å². The molecule has 2 aromatic rings. The molecule has 0 aliphatic heterocycles. The summed E-state index contributed by atoms with van der Waals surface area (Å²) in [5.41, 5.74) is -0.316. The van der Waals surface area contributed by atoms with Crippen LogP contribution < -0.4 is 5.32 Å². The third kappa shape index (κ3) is 4.42. The molecule has 0 spiro atoms. The first kappa shape index (κ1) is 17.7. The molecular formula is C15H15F3N4O2. The molecule has 6 nitrogen and oxygen atoms in total. The van der Waals surface area contributed by atoms with Crippen LogP contribution in [0.4, 0.5) is 13.2 Å². The van der Waals surface area contributed by atoms with Crippen LogP contribution in [0, 0.1) is 0 Å². The summed E-state index contributed by atoms with van der Waals surface area (Å²) in [5, 5.41) is 19.3. The van der Waals surface area contributed by atoms with Crippen LogP contribution >= 0.6 is 0 Å². The van der Waals surface area contributed by atoms with E-state index in [0.717, 1.165) is 12.1 Å². The summed E-state index contributed by atoms with van der Waals surface area (Å²) in [6, 6.07) is 3.67. The smallest absolute Gasteiger partial charge is 0.394 e. The summed E-state index contributed by atoms with van der Waals surface area (Å²) >= 11 is 0. The number of hydrogen-bond acceptors (Lipinski definition) is 4. The summed E-state index contributed by atoms with van der Waals surface area (Å²) in [4.78, 5) is 11.9. The molecule has 1 unspecified atom stereocenters. The molecule has 1 aromatic heterocycles. The highest BCUT2D eigenvalue weighted by atomic mass is 19.4. The molecule has 0 bridgehead atoms. The van der Waals surface area contributed by atoms with Gasteiger partial charge in [0.15, 0.2) is 5.82 Å². The maximum atomic E-state index is 12.5. The van der Waals surface area contributed by atoms with E-state index in [4.69, 9.17) is 0 Å². The Morgan fingerprint density at radius 3 is 2.54 bits per heavy atom. The van der Waals surface area contributed by atoms with Crippen molar-refractivity contribution < 1.29 is 23.1 Å². The zero-order chi connectivity index (χ0) is 17.7. The lowest BCUT2D eigenvalue weighted by Gasteiger charge is -2.13. The highest BCUT2D eigenvalue weighted by Gasteiger charge is 2.29. The van der Waals surface area contributed by atoms with Gasteiger partial charge in [0.2, 0.25) is 5.91 Å². The maximum absolute atomic E-state index is 12.5. The van der Waals surface area contributed by atoms with Crippen molar-refractivity contribution in [3.8, 4) is 0 Å². The summed E-state index contributed by atoms with van der Waals surface area (Å²) in [6.45, 7) is -0.369. The van der Waals surface area contributed by atoms with Crippen LogP contribution in [-0.2, 0) is 18.0 Å². The molecule has 0 fully saturated rings. The Hall–Kier alpha value is -2.68. The lowest BCUT2D eigenvalue weighted by molar-refractivity contribution is -0.137. The van der Waals surface area contributed by atoms with Gasteiger partial charge >= 0.3 is 6.18 Å². The number of aliphatic hydroxyl groups excluding tert-OH is 1. The number of alkyl halides is 3. The van der Waals surface area contributed by atoms with Crippen LogP contribution in [0.25, 0.3) is 6.08 Å². The van der Waals surface area contributed by atoms with Gasteiger partial charge in [-0.25, -0.2) is 0 Å². The predicted octanol–water partition coefficient (Wildman–Crippen LogP) is 1.70. The Morgan fingerprint density at radius 2 is 2.04 bits per heavy atom. The second kappa shape index (κ2) is 7.26. The van der Waals surface area contributed by atoms with E-state index in [1.807, 2.05) is 0 Å². The van der Waals surface area contributed by atoms with E-state index < -0.39 is 23.7 Å². The topological polar surface area (TPSA) is 80.0 Å². The zero-order valence-electron chi connectivity index (χ0n) is 12.7. The van der Waals surface area contributed by atoms with E-state index in [1.54, 1.807) is 11.6 Å². The van der Waals surface area contributed by atoms with E-state index in [-0.39, 0.29) is 6.61 Å². The van der Waals surface area contributed by atoms with Crippen LogP contribution in [-0.4, -0.2) is 32.4 Å². The molecule has 0 saturated carbocycles. The zero-order valence-corrected chi connectivity index (χ0v) is 12.7. The van der Waals surface area contributed by atoms with Crippen molar-refractivity contribution in [1.29, 1.82) is 0 Å². The number of nitrogens with one attached hydrogen (secondary N) is 1. The summed E-state index contributed by atoms with van der Waals surface area (Å²) < 4.78 is 38.9. The van der Waals surface area contributed by atoms with Crippen LogP contribution in [0.3, 0.4) is 0 Å². The van der Waals surface area contributed by atoms with Gasteiger partial charge in [-0.1, -0.05) is 12.1 Å². The molecule has 0 aliphatic carbocycles. The van der Waals surface area contributed by atoms with E-state index in [2.05, 4.69) is 15.5 Å². The number of hydrogen-bond donors (Lipinski definition) is 2. The Labute approximate surface area is 135 Å². The number of aromatic nitrogens is 3. The van der Waals surface area contributed by atoms with Gasteiger partial charge in [0.05, 0.1) is 12.2 Å². The van der Waals surface area contributed by atoms with E-state index >= 15 is 0 Å². The minimum Gasteiger partial charge on any atom is -0.394 e. The highest BCUT2D eigenvalue weighted by molar-refractivity contribution is 5.91. The molecule has 0 radical (unpaired) electrons. The first-order chi connectivity index (χ1) is 11.3. The second-order valence-corrected chi connectivity index (χ2v) is 5.00. The second-order valence-electron chi connectivity index (χ2n) is 5.00. The van der Waals surface area contributed by atoms with Gasteiger partial charge < -0.3 is 15.0 Å². The van der Waals surface area contributed by atoms with Crippen LogP contribution in [0.2, 0.25) is 0 Å². The fraction of sp³-hybridized carbons (Fsp3) is 0.267. The van der Waals surface area contributed by atoms with Crippen molar-refractivity contribution in [3.05, 3.63) is 53.6 Å². The Bertz CT molecular complexity index is 723.